The Morgan fingerprint density at radius 3 is 2.44 bits per heavy atom. The Balaban J connectivity index is 2.95. The number of carboxylic acid groups (broad SMARTS) is 1. The van der Waals surface area contributed by atoms with E-state index < -0.39 is 11.6 Å². The van der Waals surface area contributed by atoms with E-state index in [1.165, 1.54) is 5.56 Å². The Kier molecular flexibility index (Phi) is 3.58. The highest BCUT2D eigenvalue weighted by atomic mass is 16.5. The van der Waals surface area contributed by atoms with E-state index in [-0.39, 0.29) is 0 Å². The van der Waals surface area contributed by atoms with Gasteiger partial charge in [-0.05, 0) is 50.5 Å². The molecule has 1 unspecified atom stereocenters. The van der Waals surface area contributed by atoms with Gasteiger partial charge in [-0.3, -0.25) is 0 Å². The average Bonchev–Trinajstić information content (AvgIpc) is 2.23. The number of rotatable bonds is 4. The molecule has 1 aromatic carbocycles. The van der Waals surface area contributed by atoms with Crippen LogP contribution in [0, 0.1) is 13.8 Å². The number of carboxylic acids is 1. The summed E-state index contributed by atoms with van der Waals surface area (Å²) in [7, 11) is 0. The molecule has 0 saturated carbocycles. The molecule has 0 amide bonds. The molecule has 0 radical (unpaired) electrons. The van der Waals surface area contributed by atoms with Gasteiger partial charge in [0, 0.05) is 0 Å². The largest absolute Gasteiger partial charge is 0.478 e. The summed E-state index contributed by atoms with van der Waals surface area (Å²) in [6.07, 6.45) is 0.426. The zero-order chi connectivity index (χ0) is 12.3. The van der Waals surface area contributed by atoms with Gasteiger partial charge in [0.25, 0.3) is 0 Å². The molecule has 3 nitrogen and oxygen atoms in total. The zero-order valence-electron chi connectivity index (χ0n) is 10.2. The van der Waals surface area contributed by atoms with Crippen molar-refractivity contribution < 1.29 is 14.6 Å². The van der Waals surface area contributed by atoms with E-state index >= 15 is 0 Å². The van der Waals surface area contributed by atoms with Crippen molar-refractivity contribution in [3.05, 3.63) is 29.3 Å². The molecule has 1 N–H and O–H groups in total. The van der Waals surface area contributed by atoms with Crippen LogP contribution in [-0.2, 0) is 4.79 Å². The van der Waals surface area contributed by atoms with Crippen molar-refractivity contribution in [3.8, 4) is 5.75 Å². The van der Waals surface area contributed by atoms with Crippen LogP contribution in [0.1, 0.15) is 31.4 Å². The van der Waals surface area contributed by atoms with Gasteiger partial charge in [-0.25, -0.2) is 4.79 Å². The highest BCUT2D eigenvalue weighted by Crippen LogP contribution is 2.23. The topological polar surface area (TPSA) is 46.5 Å². The SMILES string of the molecule is CCC(C)(Oc1ccc(C)c(C)c1)C(=O)O. The molecule has 0 aromatic heterocycles. The monoisotopic (exact) mass is 222 g/mol. The van der Waals surface area contributed by atoms with Crippen LogP contribution in [0.5, 0.6) is 5.75 Å². The summed E-state index contributed by atoms with van der Waals surface area (Å²) in [5.74, 6) is -0.330. The number of aliphatic carboxylic acids is 1. The lowest BCUT2D eigenvalue weighted by atomic mass is 10.0. The maximum absolute atomic E-state index is 11.1. The molecule has 0 fully saturated rings. The van der Waals surface area contributed by atoms with E-state index in [2.05, 4.69) is 0 Å². The molecule has 1 atom stereocenters. The van der Waals surface area contributed by atoms with Gasteiger partial charge in [0.15, 0.2) is 0 Å². The first-order valence-corrected chi connectivity index (χ1v) is 5.38. The molecule has 1 aromatic rings. The Morgan fingerprint density at radius 1 is 1.38 bits per heavy atom. The van der Waals surface area contributed by atoms with Gasteiger partial charge in [-0.2, -0.15) is 0 Å². The maximum Gasteiger partial charge on any atom is 0.347 e. The molecule has 0 aliphatic heterocycles. The van der Waals surface area contributed by atoms with E-state index in [4.69, 9.17) is 9.84 Å². The van der Waals surface area contributed by atoms with E-state index in [0.717, 1.165) is 5.56 Å². The normalized spacial score (nSPS) is 14.2. The fraction of sp³-hybridized carbons (Fsp3) is 0.462. The summed E-state index contributed by atoms with van der Waals surface area (Å²) < 4.78 is 5.55. The number of hydrogen-bond donors (Lipinski definition) is 1. The number of hydrogen-bond acceptors (Lipinski definition) is 2. The van der Waals surface area contributed by atoms with Crippen molar-refractivity contribution >= 4 is 5.97 Å². The smallest absolute Gasteiger partial charge is 0.347 e. The van der Waals surface area contributed by atoms with Crippen LogP contribution in [0.2, 0.25) is 0 Å². The summed E-state index contributed by atoms with van der Waals surface area (Å²) in [6, 6.07) is 5.61. The van der Waals surface area contributed by atoms with Crippen LogP contribution in [0.25, 0.3) is 0 Å². The van der Waals surface area contributed by atoms with Crippen molar-refractivity contribution in [2.45, 2.75) is 39.7 Å². The minimum atomic E-state index is -1.15. The lowest BCUT2D eigenvalue weighted by Crippen LogP contribution is -2.40. The Labute approximate surface area is 96.1 Å². The van der Waals surface area contributed by atoms with Gasteiger partial charge in [0.2, 0.25) is 5.60 Å². The highest BCUT2D eigenvalue weighted by molar-refractivity contribution is 5.77. The lowest BCUT2D eigenvalue weighted by molar-refractivity contribution is -0.154. The summed E-state index contributed by atoms with van der Waals surface area (Å²) in [4.78, 5) is 11.1. The molecular formula is C13H18O3. The number of carbonyl (C=O) groups is 1. The van der Waals surface area contributed by atoms with Gasteiger partial charge >= 0.3 is 5.97 Å². The van der Waals surface area contributed by atoms with Gasteiger partial charge in [-0.1, -0.05) is 13.0 Å². The van der Waals surface area contributed by atoms with Crippen molar-refractivity contribution in [2.75, 3.05) is 0 Å². The molecule has 88 valence electrons. The predicted octanol–water partition coefficient (Wildman–Crippen LogP) is 2.94. The second-order valence-corrected chi connectivity index (χ2v) is 4.24. The van der Waals surface area contributed by atoms with E-state index in [1.807, 2.05) is 26.0 Å². The van der Waals surface area contributed by atoms with E-state index in [9.17, 15) is 4.79 Å². The van der Waals surface area contributed by atoms with Crippen molar-refractivity contribution in [1.29, 1.82) is 0 Å². The average molecular weight is 222 g/mol. The quantitative estimate of drug-likeness (QED) is 0.852. The molecule has 0 aliphatic rings. The summed E-state index contributed by atoms with van der Waals surface area (Å²) in [5, 5.41) is 9.09. The lowest BCUT2D eigenvalue weighted by Gasteiger charge is -2.25. The third kappa shape index (κ3) is 2.54. The molecule has 1 rings (SSSR count). The Bertz CT molecular complexity index is 398. The summed E-state index contributed by atoms with van der Waals surface area (Å²) in [6.45, 7) is 7.38. The minimum absolute atomic E-state index is 0.426. The van der Waals surface area contributed by atoms with Crippen LogP contribution in [0.4, 0.5) is 0 Å². The summed E-state index contributed by atoms with van der Waals surface area (Å²) >= 11 is 0. The molecule has 16 heavy (non-hydrogen) atoms. The zero-order valence-corrected chi connectivity index (χ0v) is 10.2. The van der Waals surface area contributed by atoms with Crippen LogP contribution in [0.15, 0.2) is 18.2 Å². The van der Waals surface area contributed by atoms with Crippen molar-refractivity contribution in [2.24, 2.45) is 0 Å². The second-order valence-electron chi connectivity index (χ2n) is 4.24. The predicted molar refractivity (Wildman–Crippen MR) is 62.9 cm³/mol. The molecule has 0 saturated heterocycles. The molecule has 0 heterocycles. The summed E-state index contributed by atoms with van der Waals surface area (Å²) in [5.41, 5.74) is 1.11. The van der Waals surface area contributed by atoms with Crippen molar-refractivity contribution in [1.82, 2.24) is 0 Å². The fourth-order valence-electron chi connectivity index (χ4n) is 1.30. The van der Waals surface area contributed by atoms with Gasteiger partial charge in [0.05, 0.1) is 0 Å². The number of aryl methyl sites for hydroxylation is 2. The van der Waals surface area contributed by atoms with Crippen LogP contribution < -0.4 is 4.74 Å². The van der Waals surface area contributed by atoms with Gasteiger partial charge < -0.3 is 9.84 Å². The van der Waals surface area contributed by atoms with E-state index in [1.54, 1.807) is 19.9 Å². The third-order valence-electron chi connectivity index (χ3n) is 2.95. The number of benzene rings is 1. The molecule has 0 bridgehead atoms. The van der Waals surface area contributed by atoms with Crippen molar-refractivity contribution in [3.63, 3.8) is 0 Å². The van der Waals surface area contributed by atoms with Crippen LogP contribution in [-0.4, -0.2) is 16.7 Å². The number of ether oxygens (including phenoxy) is 1. The highest BCUT2D eigenvalue weighted by Gasteiger charge is 2.33. The third-order valence-corrected chi connectivity index (χ3v) is 2.95. The molecule has 0 aliphatic carbocycles. The Morgan fingerprint density at radius 2 is 2.00 bits per heavy atom. The first kappa shape index (κ1) is 12.6. The van der Waals surface area contributed by atoms with Gasteiger partial charge in [-0.15, -0.1) is 0 Å². The fourth-order valence-corrected chi connectivity index (χ4v) is 1.30. The maximum atomic E-state index is 11.1. The molecule has 3 heteroatoms. The Hall–Kier alpha value is -1.51. The van der Waals surface area contributed by atoms with Gasteiger partial charge in [0.1, 0.15) is 5.75 Å². The first-order chi connectivity index (χ1) is 7.39. The van der Waals surface area contributed by atoms with Crippen LogP contribution in [0.3, 0.4) is 0 Å². The first-order valence-electron chi connectivity index (χ1n) is 5.38. The standard InChI is InChI=1S/C13H18O3/c1-5-13(4,12(14)15)16-11-7-6-9(2)10(3)8-11/h6-8H,5H2,1-4H3,(H,14,15). The molecular weight excluding hydrogens is 204 g/mol. The van der Waals surface area contributed by atoms with Crippen LogP contribution >= 0.6 is 0 Å². The minimum Gasteiger partial charge on any atom is -0.478 e. The molecule has 0 spiro atoms. The second kappa shape index (κ2) is 4.56. The van der Waals surface area contributed by atoms with E-state index in [0.29, 0.717) is 12.2 Å².